The first-order chi connectivity index (χ1) is 8.40. The predicted molar refractivity (Wildman–Crippen MR) is 67.2 cm³/mol. The average Bonchev–Trinajstić information content (AvgIpc) is 2.41. The van der Waals surface area contributed by atoms with Gasteiger partial charge in [-0.2, -0.15) is 0 Å². The molecule has 0 aliphatic carbocycles. The molecular weight excluding hydrogens is 210 g/mol. The second-order valence-corrected chi connectivity index (χ2v) is 3.46. The minimum Gasteiger partial charge on any atom is -0.302 e. The lowest BCUT2D eigenvalue weighted by molar-refractivity contribution is -0.107. The first-order valence-electron chi connectivity index (χ1n) is 5.34. The van der Waals surface area contributed by atoms with E-state index in [1.807, 2.05) is 42.5 Å². The highest BCUT2D eigenvalue weighted by Gasteiger charge is 1.96. The number of aromatic nitrogens is 1. The van der Waals surface area contributed by atoms with E-state index < -0.39 is 0 Å². The normalized spacial score (nSPS) is 9.18. The van der Waals surface area contributed by atoms with Gasteiger partial charge in [0.15, 0.2) is 0 Å². The highest BCUT2D eigenvalue weighted by atomic mass is 16.1. The number of nitrogens with zero attached hydrogens (tertiary/aromatic N) is 1. The van der Waals surface area contributed by atoms with Crippen LogP contribution in [0.15, 0.2) is 48.7 Å². The predicted octanol–water partition coefficient (Wildman–Crippen LogP) is 2.69. The minimum atomic E-state index is 0.280. The van der Waals surface area contributed by atoms with Crippen molar-refractivity contribution in [3.8, 4) is 23.1 Å². The van der Waals surface area contributed by atoms with Crippen LogP contribution in [-0.2, 0) is 4.79 Å². The molecule has 1 aromatic carbocycles. The van der Waals surface area contributed by atoms with Gasteiger partial charge in [0, 0.05) is 17.3 Å². The molecule has 0 bridgehead atoms. The summed E-state index contributed by atoms with van der Waals surface area (Å²) < 4.78 is 0. The monoisotopic (exact) mass is 221 g/mol. The summed E-state index contributed by atoms with van der Waals surface area (Å²) in [5, 5.41) is 0. The minimum absolute atomic E-state index is 0.280. The van der Waals surface area contributed by atoms with Gasteiger partial charge in [-0.1, -0.05) is 30.0 Å². The molecule has 0 atom stereocenters. The molecule has 0 radical (unpaired) electrons. The fourth-order valence-corrected chi connectivity index (χ4v) is 1.45. The zero-order valence-corrected chi connectivity index (χ0v) is 9.26. The standard InChI is InChI=1S/C15H11NO/c17-12-4-2-5-13-7-9-14(10-8-13)15-6-1-3-11-16-15/h1,3,6-12H,4H2. The molecular formula is C15H11NO. The molecule has 2 rings (SSSR count). The number of rotatable bonds is 2. The average molecular weight is 221 g/mol. The lowest BCUT2D eigenvalue weighted by Gasteiger charge is -1.99. The fourth-order valence-electron chi connectivity index (χ4n) is 1.45. The number of pyridine rings is 1. The Kier molecular flexibility index (Phi) is 3.67. The number of hydrogen-bond donors (Lipinski definition) is 0. The maximum atomic E-state index is 10.1. The number of benzene rings is 1. The van der Waals surface area contributed by atoms with Crippen LogP contribution in [0, 0.1) is 11.8 Å². The van der Waals surface area contributed by atoms with Gasteiger partial charge in [0.25, 0.3) is 0 Å². The molecule has 2 heteroatoms. The van der Waals surface area contributed by atoms with Crippen LogP contribution >= 0.6 is 0 Å². The molecule has 0 unspecified atom stereocenters. The third-order valence-electron chi connectivity index (χ3n) is 2.26. The Bertz CT molecular complexity index is 547. The largest absolute Gasteiger partial charge is 0.302 e. The Hall–Kier alpha value is -2.40. The first-order valence-corrected chi connectivity index (χ1v) is 5.34. The van der Waals surface area contributed by atoms with E-state index in [-0.39, 0.29) is 6.42 Å². The number of hydrogen-bond acceptors (Lipinski definition) is 2. The smallest absolute Gasteiger partial charge is 0.131 e. The van der Waals surface area contributed by atoms with E-state index in [0.717, 1.165) is 23.1 Å². The van der Waals surface area contributed by atoms with Crippen LogP contribution in [0.4, 0.5) is 0 Å². The van der Waals surface area contributed by atoms with Gasteiger partial charge in [-0.25, -0.2) is 0 Å². The summed E-state index contributed by atoms with van der Waals surface area (Å²) in [5.41, 5.74) is 2.91. The van der Waals surface area contributed by atoms with E-state index in [9.17, 15) is 4.79 Å². The molecule has 0 N–H and O–H groups in total. The van der Waals surface area contributed by atoms with Crippen molar-refractivity contribution in [3.05, 3.63) is 54.2 Å². The van der Waals surface area contributed by atoms with E-state index in [1.165, 1.54) is 0 Å². The molecule has 0 amide bonds. The SMILES string of the molecule is O=CCC#Cc1ccc(-c2ccccn2)cc1. The van der Waals surface area contributed by atoms with Crippen molar-refractivity contribution in [1.82, 2.24) is 4.98 Å². The molecule has 17 heavy (non-hydrogen) atoms. The van der Waals surface area contributed by atoms with Crippen LogP contribution in [0.2, 0.25) is 0 Å². The zero-order chi connectivity index (χ0) is 11.9. The summed E-state index contributed by atoms with van der Waals surface area (Å²) in [6.45, 7) is 0. The second-order valence-electron chi connectivity index (χ2n) is 3.46. The van der Waals surface area contributed by atoms with Gasteiger partial charge in [-0.15, -0.1) is 0 Å². The van der Waals surface area contributed by atoms with Crippen molar-refractivity contribution < 1.29 is 4.79 Å². The molecule has 0 fully saturated rings. The van der Waals surface area contributed by atoms with E-state index >= 15 is 0 Å². The zero-order valence-electron chi connectivity index (χ0n) is 9.26. The highest BCUT2D eigenvalue weighted by Crippen LogP contribution is 2.16. The summed E-state index contributed by atoms with van der Waals surface area (Å²) >= 11 is 0. The summed E-state index contributed by atoms with van der Waals surface area (Å²) in [6, 6.07) is 13.6. The van der Waals surface area contributed by atoms with E-state index in [0.29, 0.717) is 0 Å². The Morgan fingerprint density at radius 1 is 1.12 bits per heavy atom. The lowest BCUT2D eigenvalue weighted by Crippen LogP contribution is -1.82. The van der Waals surface area contributed by atoms with Gasteiger partial charge in [0.05, 0.1) is 12.1 Å². The molecule has 0 saturated heterocycles. The Balaban J connectivity index is 2.20. The van der Waals surface area contributed by atoms with Crippen molar-refractivity contribution in [2.45, 2.75) is 6.42 Å². The van der Waals surface area contributed by atoms with Crippen LogP contribution in [-0.4, -0.2) is 11.3 Å². The van der Waals surface area contributed by atoms with Crippen LogP contribution in [0.25, 0.3) is 11.3 Å². The van der Waals surface area contributed by atoms with Crippen molar-refractivity contribution in [3.63, 3.8) is 0 Å². The van der Waals surface area contributed by atoms with Gasteiger partial charge in [0.2, 0.25) is 0 Å². The molecule has 0 aliphatic rings. The van der Waals surface area contributed by atoms with E-state index in [1.54, 1.807) is 6.20 Å². The molecule has 82 valence electrons. The Labute approximate surface area is 100 Å². The molecule has 0 spiro atoms. The molecule has 1 heterocycles. The fraction of sp³-hybridized carbons (Fsp3) is 0.0667. The van der Waals surface area contributed by atoms with Crippen molar-refractivity contribution in [1.29, 1.82) is 0 Å². The number of carbonyl (C=O) groups excluding carboxylic acids is 1. The molecule has 2 aromatic rings. The van der Waals surface area contributed by atoms with Crippen molar-refractivity contribution >= 4 is 6.29 Å². The summed E-state index contributed by atoms with van der Waals surface area (Å²) in [4.78, 5) is 14.4. The Morgan fingerprint density at radius 2 is 1.94 bits per heavy atom. The van der Waals surface area contributed by atoms with Gasteiger partial charge in [0.1, 0.15) is 6.29 Å². The lowest BCUT2D eigenvalue weighted by atomic mass is 10.1. The van der Waals surface area contributed by atoms with E-state index in [4.69, 9.17) is 0 Å². The summed E-state index contributed by atoms with van der Waals surface area (Å²) in [5.74, 6) is 5.70. The summed E-state index contributed by atoms with van der Waals surface area (Å²) in [7, 11) is 0. The first kappa shape index (κ1) is 11.1. The van der Waals surface area contributed by atoms with Gasteiger partial charge in [-0.05, 0) is 24.3 Å². The molecule has 1 aromatic heterocycles. The topological polar surface area (TPSA) is 30.0 Å². The van der Waals surface area contributed by atoms with E-state index in [2.05, 4.69) is 16.8 Å². The second kappa shape index (κ2) is 5.62. The van der Waals surface area contributed by atoms with Crippen LogP contribution in [0.5, 0.6) is 0 Å². The van der Waals surface area contributed by atoms with Crippen molar-refractivity contribution in [2.24, 2.45) is 0 Å². The molecule has 0 saturated carbocycles. The maximum Gasteiger partial charge on any atom is 0.131 e. The Morgan fingerprint density at radius 3 is 2.59 bits per heavy atom. The van der Waals surface area contributed by atoms with Crippen LogP contribution < -0.4 is 0 Å². The molecule has 0 aliphatic heterocycles. The third kappa shape index (κ3) is 3.02. The van der Waals surface area contributed by atoms with Gasteiger partial charge < -0.3 is 4.79 Å². The quantitative estimate of drug-likeness (QED) is 0.576. The van der Waals surface area contributed by atoms with Gasteiger partial charge >= 0.3 is 0 Å². The van der Waals surface area contributed by atoms with Gasteiger partial charge in [-0.3, -0.25) is 4.98 Å². The summed E-state index contributed by atoms with van der Waals surface area (Å²) in [6.07, 6.45) is 2.85. The van der Waals surface area contributed by atoms with Crippen LogP contribution in [0.1, 0.15) is 12.0 Å². The van der Waals surface area contributed by atoms with Crippen LogP contribution in [0.3, 0.4) is 0 Å². The highest BCUT2D eigenvalue weighted by molar-refractivity contribution is 5.60. The molecule has 2 nitrogen and oxygen atoms in total. The van der Waals surface area contributed by atoms with Crippen molar-refractivity contribution in [2.75, 3.05) is 0 Å². The number of carbonyl (C=O) groups is 1. The number of aldehydes is 1. The maximum absolute atomic E-state index is 10.1. The third-order valence-corrected chi connectivity index (χ3v) is 2.26.